The van der Waals surface area contributed by atoms with Crippen molar-refractivity contribution in [1.82, 2.24) is 8.96 Å². The minimum Gasteiger partial charge on any atom is -0.469 e. The molecule has 0 radical (unpaired) electrons. The van der Waals surface area contributed by atoms with E-state index in [0.717, 1.165) is 24.4 Å². The highest BCUT2D eigenvalue weighted by Crippen LogP contribution is 2.29. The first kappa shape index (κ1) is 29.6. The second-order valence-electron chi connectivity index (χ2n) is 8.41. The molecular formula is C25H32N2O11S. The van der Waals surface area contributed by atoms with Crippen LogP contribution in [0.15, 0.2) is 6.20 Å². The molecule has 1 atom stereocenters. The Morgan fingerprint density at radius 3 is 1.87 bits per heavy atom. The molecule has 0 fully saturated rings. The van der Waals surface area contributed by atoms with Gasteiger partial charge < -0.3 is 23.9 Å². The number of aromatic nitrogens is 2. The van der Waals surface area contributed by atoms with Crippen LogP contribution in [-0.4, -0.2) is 82.2 Å². The summed E-state index contributed by atoms with van der Waals surface area (Å²) >= 11 is 0. The number of hydrogen-bond donors (Lipinski definition) is 1. The van der Waals surface area contributed by atoms with E-state index in [4.69, 9.17) is 15.6 Å². The molecule has 0 spiro atoms. The number of aromatic amines is 1. The largest absolute Gasteiger partial charge is 0.469 e. The molecule has 0 aliphatic rings. The van der Waals surface area contributed by atoms with E-state index in [1.165, 1.54) is 20.4 Å². The van der Waals surface area contributed by atoms with Gasteiger partial charge in [-0.05, 0) is 35.1 Å². The molecule has 0 amide bonds. The summed E-state index contributed by atoms with van der Waals surface area (Å²) in [7, 11) is 0.637. The lowest BCUT2D eigenvalue weighted by Gasteiger charge is -2.12. The molecule has 2 aromatic rings. The first-order valence-electron chi connectivity index (χ1n) is 12.2. The maximum atomic E-state index is 12.8. The van der Waals surface area contributed by atoms with E-state index in [1.54, 1.807) is 0 Å². The summed E-state index contributed by atoms with van der Waals surface area (Å²) in [5.74, 6) is -2.58. The lowest BCUT2D eigenvalue weighted by atomic mass is 9.96. The number of rotatable bonds is 14. The van der Waals surface area contributed by atoms with Crippen molar-refractivity contribution in [3.8, 4) is 0 Å². The van der Waals surface area contributed by atoms with Gasteiger partial charge in [-0.3, -0.25) is 24.0 Å². The van der Waals surface area contributed by atoms with Crippen molar-refractivity contribution >= 4 is 40.2 Å². The zero-order valence-corrected chi connectivity index (χ0v) is 23.1. The molecule has 1 N–H and O–H groups in total. The van der Waals surface area contributed by atoms with Crippen LogP contribution >= 0.6 is 0 Å². The van der Waals surface area contributed by atoms with E-state index >= 15 is 0 Å². The predicted octanol–water partition coefficient (Wildman–Crippen LogP) is 0.669. The van der Waals surface area contributed by atoms with Gasteiger partial charge in [-0.15, -0.1) is 0 Å². The zero-order valence-electron chi connectivity index (χ0n) is 23.3. The summed E-state index contributed by atoms with van der Waals surface area (Å²) in [6.45, 7) is 0. The van der Waals surface area contributed by atoms with Crippen molar-refractivity contribution in [3.05, 3.63) is 45.5 Å². The number of ether oxygens (including phenoxy) is 4. The number of aryl methyl sites for hydroxylation is 1. The number of aldehydes is 1. The molecule has 0 aliphatic carbocycles. The summed E-state index contributed by atoms with van der Waals surface area (Å²) in [6.07, 6.45) is -0.155. The minimum atomic E-state index is -4.05. The molecule has 13 nitrogen and oxygen atoms in total. The average Bonchev–Trinajstić information content (AvgIpc) is 3.47. The first-order chi connectivity index (χ1) is 18.8. The van der Waals surface area contributed by atoms with Gasteiger partial charge in [0.25, 0.3) is 0 Å². The number of esters is 4. The van der Waals surface area contributed by atoms with Crippen molar-refractivity contribution in [2.75, 3.05) is 34.7 Å². The molecule has 2 rings (SSSR count). The van der Waals surface area contributed by atoms with Gasteiger partial charge in [0.05, 0.1) is 53.2 Å². The predicted molar refractivity (Wildman–Crippen MR) is 136 cm³/mol. The summed E-state index contributed by atoms with van der Waals surface area (Å²) in [5, 5.41) is 0. The van der Waals surface area contributed by atoms with Gasteiger partial charge in [-0.2, -0.15) is 0 Å². The van der Waals surface area contributed by atoms with E-state index in [0.29, 0.717) is 11.8 Å². The quantitative estimate of drug-likeness (QED) is 0.192. The molecule has 14 heteroatoms. The molecule has 0 aliphatic heterocycles. The van der Waals surface area contributed by atoms with Crippen LogP contribution in [-0.2, 0) is 80.2 Å². The summed E-state index contributed by atoms with van der Waals surface area (Å²) < 4.78 is 54.6. The van der Waals surface area contributed by atoms with Crippen LogP contribution in [0.25, 0.3) is 0 Å². The Bertz CT molecular complexity index is 1390. The maximum absolute atomic E-state index is 12.8. The maximum Gasteiger partial charge on any atom is 0.310 e. The molecular weight excluding hydrogens is 536 g/mol. The molecule has 2 aromatic heterocycles. The highest BCUT2D eigenvalue weighted by atomic mass is 32.2. The second-order valence-corrected chi connectivity index (χ2v) is 10.3. The molecule has 2 heterocycles. The summed E-state index contributed by atoms with van der Waals surface area (Å²) in [6, 6.07) is 0. The third-order valence-corrected chi connectivity index (χ3v) is 6.99. The third-order valence-electron chi connectivity index (χ3n) is 5.98. The monoisotopic (exact) mass is 569 g/mol. The summed E-state index contributed by atoms with van der Waals surface area (Å²) in [4.78, 5) is 63.0. The minimum absolute atomic E-state index is 0.00561. The van der Waals surface area contributed by atoms with E-state index in [2.05, 4.69) is 9.72 Å². The smallest absolute Gasteiger partial charge is 0.310 e. The highest BCUT2D eigenvalue weighted by Gasteiger charge is 2.27. The van der Waals surface area contributed by atoms with Crippen LogP contribution in [0.2, 0.25) is 0 Å². The second kappa shape index (κ2) is 13.7. The fourth-order valence-electron chi connectivity index (χ4n) is 4.00. The van der Waals surface area contributed by atoms with Gasteiger partial charge in [0.15, 0.2) is 6.29 Å². The molecule has 0 bridgehead atoms. The van der Waals surface area contributed by atoms with E-state index < -0.39 is 46.7 Å². The molecule has 0 saturated heterocycles. The van der Waals surface area contributed by atoms with Gasteiger partial charge in [-0.1, -0.05) is 0 Å². The number of H-pyrrole nitrogens is 1. The molecule has 39 heavy (non-hydrogen) atoms. The van der Waals surface area contributed by atoms with Gasteiger partial charge in [-0.25, -0.2) is 12.4 Å². The first-order valence-corrected chi connectivity index (χ1v) is 13.5. The Morgan fingerprint density at radius 2 is 1.38 bits per heavy atom. The number of carbonyl (C=O) groups excluding carboxylic acids is 5. The Hall–Kier alpha value is -3.94. The topological polar surface area (TPSA) is 177 Å². The number of nitrogens with zero attached hydrogens (tertiary/aromatic N) is 1. The third kappa shape index (κ3) is 8.02. The number of nitrogens with one attached hydrogen (secondary N) is 1. The molecule has 0 aromatic carbocycles. The Labute approximate surface area is 227 Å². The molecule has 0 saturated carbocycles. The van der Waals surface area contributed by atoms with Crippen molar-refractivity contribution in [3.63, 3.8) is 0 Å². The van der Waals surface area contributed by atoms with Crippen LogP contribution in [0.1, 0.15) is 58.3 Å². The average molecular weight is 570 g/mol. The number of hydrogen-bond acceptors (Lipinski definition) is 11. The van der Waals surface area contributed by atoms with E-state index in [9.17, 15) is 32.4 Å². The lowest BCUT2D eigenvalue weighted by Crippen LogP contribution is -2.16. The molecule has 1 unspecified atom stereocenters. The van der Waals surface area contributed by atoms with Gasteiger partial charge in [0.1, 0.15) is 0 Å². The lowest BCUT2D eigenvalue weighted by molar-refractivity contribution is -0.141. The normalized spacial score (nSPS) is 12.3. The van der Waals surface area contributed by atoms with Crippen LogP contribution in [0.3, 0.4) is 0 Å². The van der Waals surface area contributed by atoms with E-state index in [-0.39, 0.29) is 65.9 Å². The number of methoxy groups -OCH3 is 4. The van der Waals surface area contributed by atoms with Crippen LogP contribution in [0.5, 0.6) is 0 Å². The van der Waals surface area contributed by atoms with Gasteiger partial charge >= 0.3 is 23.9 Å². The fraction of sp³-hybridized carbons (Fsp3) is 0.480. The molecule has 214 valence electrons. The van der Waals surface area contributed by atoms with E-state index in [1.807, 2.05) is 0 Å². The SMILES string of the molecule is [2H]C(c1[nH]c(C=O)c(CC(=O)OC)c1CCC(=O)OC)c1c(CC(=O)OC)c(CCC(=O)OC)cn1S(C)(=O)=O. The highest BCUT2D eigenvalue weighted by molar-refractivity contribution is 7.89. The van der Waals surface area contributed by atoms with Crippen molar-refractivity contribution in [1.29, 1.82) is 0 Å². The zero-order chi connectivity index (χ0) is 30.2. The number of carbonyl (C=O) groups is 5. The van der Waals surface area contributed by atoms with Crippen molar-refractivity contribution in [2.24, 2.45) is 0 Å². The van der Waals surface area contributed by atoms with Crippen LogP contribution in [0, 0.1) is 0 Å². The van der Waals surface area contributed by atoms with Gasteiger partial charge in [0.2, 0.25) is 10.0 Å². The fourth-order valence-corrected chi connectivity index (χ4v) is 4.84. The van der Waals surface area contributed by atoms with Crippen LogP contribution < -0.4 is 0 Å². The Kier molecular flexibility index (Phi) is 10.4. The van der Waals surface area contributed by atoms with Gasteiger partial charge in [0, 0.05) is 38.2 Å². The Balaban J connectivity index is 2.86. The van der Waals surface area contributed by atoms with Crippen LogP contribution in [0.4, 0.5) is 0 Å². The summed E-state index contributed by atoms with van der Waals surface area (Å²) in [5.41, 5.74) is 0.679. The van der Waals surface area contributed by atoms with Crippen molar-refractivity contribution in [2.45, 2.75) is 44.9 Å². The van der Waals surface area contributed by atoms with Crippen molar-refractivity contribution < 1.29 is 52.7 Å². The standard InChI is InChI=1S/C25H32N2O11S/c1-35-22(29)8-6-15-13-27(39(5,33)34)21(17(15)10-24(31)37-3)12-19-16(7-9-23(30)36-2)18(11-25(32)38-4)20(14-28)26-19/h13-14,26H,6-12H2,1-5H3/i12D. The Morgan fingerprint density at radius 1 is 0.872 bits per heavy atom.